The lowest BCUT2D eigenvalue weighted by Crippen LogP contribution is -2.14. The molecule has 2 aromatic carbocycles. The highest BCUT2D eigenvalue weighted by Crippen LogP contribution is 2.37. The summed E-state index contributed by atoms with van der Waals surface area (Å²) in [5, 5.41) is 18.1. The molecule has 1 aromatic heterocycles. The largest absolute Gasteiger partial charge is 0.454 e. The second-order valence-electron chi connectivity index (χ2n) is 6.71. The van der Waals surface area contributed by atoms with E-state index in [-0.39, 0.29) is 18.5 Å². The minimum absolute atomic E-state index is 0.0392. The van der Waals surface area contributed by atoms with Gasteiger partial charge in [0.25, 0.3) is 5.69 Å². The number of thiazole rings is 1. The molecule has 30 heavy (non-hydrogen) atoms. The van der Waals surface area contributed by atoms with Gasteiger partial charge in [-0.2, -0.15) is 5.10 Å². The maximum absolute atomic E-state index is 11.5. The van der Waals surface area contributed by atoms with Crippen molar-refractivity contribution in [1.82, 2.24) is 4.68 Å². The van der Waals surface area contributed by atoms with Crippen LogP contribution in [0, 0.1) is 10.1 Å². The summed E-state index contributed by atoms with van der Waals surface area (Å²) in [6.45, 7) is 4.00. The van der Waals surface area contributed by atoms with Gasteiger partial charge < -0.3 is 9.47 Å². The number of fused-ring (bicyclic) bond motifs is 1. The quantitative estimate of drug-likeness (QED) is 0.292. The maximum Gasteiger partial charge on any atom is 0.282 e. The molecule has 0 spiro atoms. The third-order valence-corrected chi connectivity index (χ3v) is 5.58. The zero-order chi connectivity index (χ0) is 21.3. The lowest BCUT2D eigenvalue weighted by atomic mass is 10.1. The van der Waals surface area contributed by atoms with E-state index in [0.29, 0.717) is 21.9 Å². The number of halogens is 1. The van der Waals surface area contributed by atoms with Crippen molar-refractivity contribution in [3.05, 3.63) is 66.7 Å². The van der Waals surface area contributed by atoms with Gasteiger partial charge in [0, 0.05) is 21.5 Å². The topological polar surface area (TPSA) is 91.2 Å². The number of nitro benzene ring substituents is 1. The second-order valence-corrected chi connectivity index (χ2v) is 8.46. The number of nitro groups is 1. The van der Waals surface area contributed by atoms with Gasteiger partial charge in [0.1, 0.15) is 0 Å². The summed E-state index contributed by atoms with van der Waals surface area (Å²) in [7, 11) is 0. The fourth-order valence-electron chi connectivity index (χ4n) is 2.87. The molecule has 0 amide bonds. The molecule has 4 rings (SSSR count). The Morgan fingerprint density at radius 1 is 1.23 bits per heavy atom. The monoisotopic (exact) mass is 488 g/mol. The Kier molecular flexibility index (Phi) is 5.69. The standard InChI is InChI=1S/C20H17BrN4O4S/c1-12(2)23-20-24(17(10-30-20)13-3-5-15(21)6-4-13)22-9-14-7-18-19(29-11-28-18)8-16(14)25(26)27/h3-10,12H,11H2,1-2H3. The van der Waals surface area contributed by atoms with Crippen LogP contribution in [0.5, 0.6) is 11.5 Å². The average Bonchev–Trinajstić information content (AvgIpc) is 3.32. The molecule has 0 saturated carbocycles. The molecule has 0 fully saturated rings. The molecule has 3 aromatic rings. The number of hydrogen-bond donors (Lipinski definition) is 0. The molecule has 0 saturated heterocycles. The Bertz CT molecular complexity index is 1200. The smallest absolute Gasteiger partial charge is 0.282 e. The van der Waals surface area contributed by atoms with Crippen molar-refractivity contribution in [2.75, 3.05) is 6.79 Å². The summed E-state index contributed by atoms with van der Waals surface area (Å²) >= 11 is 4.91. The fourth-order valence-corrected chi connectivity index (χ4v) is 4.10. The molecule has 0 aliphatic carbocycles. The van der Waals surface area contributed by atoms with Crippen molar-refractivity contribution < 1.29 is 14.4 Å². The third-order valence-electron chi connectivity index (χ3n) is 4.22. The highest BCUT2D eigenvalue weighted by Gasteiger charge is 2.22. The average molecular weight is 489 g/mol. The maximum atomic E-state index is 11.5. The van der Waals surface area contributed by atoms with E-state index in [0.717, 1.165) is 15.7 Å². The summed E-state index contributed by atoms with van der Waals surface area (Å²) in [5.41, 5.74) is 2.01. The van der Waals surface area contributed by atoms with E-state index < -0.39 is 4.92 Å². The zero-order valence-corrected chi connectivity index (χ0v) is 18.5. The van der Waals surface area contributed by atoms with Crippen molar-refractivity contribution >= 4 is 39.2 Å². The summed E-state index contributed by atoms with van der Waals surface area (Å²) in [6.07, 6.45) is 1.45. The van der Waals surface area contributed by atoms with E-state index in [1.807, 2.05) is 43.5 Å². The first kappa shape index (κ1) is 20.3. The van der Waals surface area contributed by atoms with Crippen LogP contribution >= 0.6 is 27.3 Å². The van der Waals surface area contributed by atoms with Crippen LogP contribution in [0.3, 0.4) is 0 Å². The van der Waals surface area contributed by atoms with Crippen LogP contribution in [0.15, 0.2) is 56.3 Å². The first-order valence-corrected chi connectivity index (χ1v) is 10.7. The van der Waals surface area contributed by atoms with Crippen molar-refractivity contribution in [1.29, 1.82) is 0 Å². The second kappa shape index (κ2) is 8.41. The summed E-state index contributed by atoms with van der Waals surface area (Å²) in [4.78, 5) is 16.4. The SMILES string of the molecule is CC(C)N=c1scc(-c2ccc(Br)cc2)n1N=Cc1cc2c(cc1[N+](=O)[O-])OCO2. The molecular formula is C20H17BrN4O4S. The number of rotatable bonds is 5. The Morgan fingerprint density at radius 2 is 1.93 bits per heavy atom. The molecule has 0 atom stereocenters. The first-order chi connectivity index (χ1) is 14.4. The molecule has 0 N–H and O–H groups in total. The van der Waals surface area contributed by atoms with Crippen LogP contribution in [0.4, 0.5) is 5.69 Å². The predicted molar refractivity (Wildman–Crippen MR) is 118 cm³/mol. The predicted octanol–water partition coefficient (Wildman–Crippen LogP) is 4.81. The van der Waals surface area contributed by atoms with Gasteiger partial charge in [-0.3, -0.25) is 15.1 Å². The van der Waals surface area contributed by atoms with Gasteiger partial charge in [0.2, 0.25) is 11.6 Å². The number of benzene rings is 2. The molecule has 1 aliphatic heterocycles. The van der Waals surface area contributed by atoms with E-state index in [9.17, 15) is 10.1 Å². The van der Waals surface area contributed by atoms with Crippen molar-refractivity contribution in [3.63, 3.8) is 0 Å². The van der Waals surface area contributed by atoms with Gasteiger partial charge in [0.15, 0.2) is 11.5 Å². The van der Waals surface area contributed by atoms with Gasteiger partial charge in [-0.05, 0) is 32.0 Å². The number of nitrogens with zero attached hydrogens (tertiary/aromatic N) is 4. The van der Waals surface area contributed by atoms with Gasteiger partial charge in [-0.1, -0.05) is 28.1 Å². The Morgan fingerprint density at radius 3 is 2.60 bits per heavy atom. The number of ether oxygens (including phenoxy) is 2. The molecular weight excluding hydrogens is 472 g/mol. The Balaban J connectivity index is 1.83. The lowest BCUT2D eigenvalue weighted by Gasteiger charge is -2.05. The molecule has 10 heteroatoms. The normalized spacial score (nSPS) is 13.5. The Labute approximate surface area is 184 Å². The fraction of sp³-hybridized carbons (Fsp3) is 0.200. The van der Waals surface area contributed by atoms with Crippen LogP contribution in [0.2, 0.25) is 0 Å². The van der Waals surface area contributed by atoms with Crippen molar-refractivity contribution in [2.45, 2.75) is 19.9 Å². The van der Waals surface area contributed by atoms with Gasteiger partial charge in [0.05, 0.1) is 28.5 Å². The molecule has 0 radical (unpaired) electrons. The molecule has 2 heterocycles. The molecule has 0 unspecified atom stereocenters. The van der Waals surface area contributed by atoms with Crippen molar-refractivity contribution in [2.24, 2.45) is 10.1 Å². The summed E-state index contributed by atoms with van der Waals surface area (Å²) in [6, 6.07) is 10.8. The van der Waals surface area contributed by atoms with Crippen LogP contribution in [-0.4, -0.2) is 28.6 Å². The zero-order valence-electron chi connectivity index (χ0n) is 16.1. The summed E-state index contributed by atoms with van der Waals surface area (Å²) < 4.78 is 13.3. The molecule has 8 nitrogen and oxygen atoms in total. The molecule has 1 aliphatic rings. The third kappa shape index (κ3) is 4.14. The molecule has 154 valence electrons. The van der Waals surface area contributed by atoms with E-state index >= 15 is 0 Å². The van der Waals surface area contributed by atoms with E-state index in [1.54, 1.807) is 10.7 Å². The van der Waals surface area contributed by atoms with E-state index in [2.05, 4.69) is 26.0 Å². The first-order valence-electron chi connectivity index (χ1n) is 9.05. The van der Waals surface area contributed by atoms with E-state index in [1.165, 1.54) is 23.6 Å². The summed E-state index contributed by atoms with van der Waals surface area (Å²) in [5.74, 6) is 0.811. The van der Waals surface area contributed by atoms with Crippen LogP contribution in [-0.2, 0) is 0 Å². The lowest BCUT2D eigenvalue weighted by molar-refractivity contribution is -0.385. The van der Waals surface area contributed by atoms with Gasteiger partial charge >= 0.3 is 0 Å². The number of aromatic nitrogens is 1. The molecule has 0 bridgehead atoms. The van der Waals surface area contributed by atoms with Crippen LogP contribution in [0.1, 0.15) is 19.4 Å². The number of hydrogen-bond acceptors (Lipinski definition) is 7. The van der Waals surface area contributed by atoms with Crippen LogP contribution < -0.4 is 14.3 Å². The van der Waals surface area contributed by atoms with Gasteiger partial charge in [-0.25, -0.2) is 4.68 Å². The van der Waals surface area contributed by atoms with Gasteiger partial charge in [-0.15, -0.1) is 11.3 Å². The van der Waals surface area contributed by atoms with Crippen LogP contribution in [0.25, 0.3) is 11.3 Å². The van der Waals surface area contributed by atoms with E-state index in [4.69, 9.17) is 9.47 Å². The minimum atomic E-state index is -0.462. The highest BCUT2D eigenvalue weighted by molar-refractivity contribution is 9.10. The minimum Gasteiger partial charge on any atom is -0.454 e. The Hall–Kier alpha value is -2.98. The van der Waals surface area contributed by atoms with Crippen molar-refractivity contribution in [3.8, 4) is 22.8 Å². The highest BCUT2D eigenvalue weighted by atomic mass is 79.9.